The predicted octanol–water partition coefficient (Wildman–Crippen LogP) is 9.15. The van der Waals surface area contributed by atoms with Gasteiger partial charge in [0.05, 0.1) is 25.7 Å². The van der Waals surface area contributed by atoms with Crippen LogP contribution < -0.4 is 9.47 Å². The van der Waals surface area contributed by atoms with Crippen LogP contribution >= 0.6 is 0 Å². The Morgan fingerprint density at radius 3 is 2.02 bits per heavy atom. The predicted molar refractivity (Wildman–Crippen MR) is 172 cm³/mol. The average molecular weight is 575 g/mol. The van der Waals surface area contributed by atoms with E-state index < -0.39 is 5.41 Å². The van der Waals surface area contributed by atoms with Gasteiger partial charge in [0, 0.05) is 11.5 Å². The minimum absolute atomic E-state index is 0.116. The molecule has 2 aromatic rings. The van der Waals surface area contributed by atoms with Gasteiger partial charge in [0.15, 0.2) is 17.3 Å². The second-order valence-electron chi connectivity index (χ2n) is 12.1. The number of nitrogens with zero attached hydrogens (tertiary/aromatic N) is 2. The van der Waals surface area contributed by atoms with E-state index in [0.29, 0.717) is 11.5 Å². The number of piperidine rings is 1. The lowest BCUT2D eigenvalue weighted by Crippen LogP contribution is -2.37. The molecule has 1 saturated heterocycles. The Labute approximate surface area is 255 Å². The van der Waals surface area contributed by atoms with Crippen LogP contribution in [0.2, 0.25) is 0 Å². The van der Waals surface area contributed by atoms with Crippen LogP contribution in [0, 0.1) is 17.2 Å². The first-order valence-electron chi connectivity index (χ1n) is 16.5. The summed E-state index contributed by atoms with van der Waals surface area (Å²) in [6, 6.07) is 18.5. The number of hydrogen-bond donors (Lipinski definition) is 0. The van der Waals surface area contributed by atoms with Crippen molar-refractivity contribution in [2.75, 3.05) is 33.9 Å². The number of ether oxygens (including phenoxy) is 2. The number of carbonyl (C=O) groups excluding carboxylic acids is 1. The van der Waals surface area contributed by atoms with Crippen LogP contribution in [0.15, 0.2) is 48.5 Å². The molecule has 0 aliphatic carbocycles. The van der Waals surface area contributed by atoms with Gasteiger partial charge in [-0.3, -0.25) is 4.79 Å². The molecular formula is C37H54N2O3. The molecule has 230 valence electrons. The van der Waals surface area contributed by atoms with Gasteiger partial charge in [-0.15, -0.1) is 0 Å². The molecule has 1 heterocycles. The van der Waals surface area contributed by atoms with Crippen molar-refractivity contribution in [2.45, 2.75) is 109 Å². The smallest absolute Gasteiger partial charge is 0.166 e. The molecule has 3 rings (SSSR count). The highest BCUT2D eigenvalue weighted by Gasteiger charge is 2.33. The molecule has 42 heavy (non-hydrogen) atoms. The summed E-state index contributed by atoms with van der Waals surface area (Å²) in [6.45, 7) is 5.11. The number of nitriles is 1. The minimum atomic E-state index is -0.540. The van der Waals surface area contributed by atoms with Gasteiger partial charge < -0.3 is 14.4 Å². The monoisotopic (exact) mass is 574 g/mol. The molecule has 1 fully saturated rings. The van der Waals surface area contributed by atoms with E-state index in [4.69, 9.17) is 9.47 Å². The van der Waals surface area contributed by atoms with Crippen molar-refractivity contribution < 1.29 is 14.3 Å². The van der Waals surface area contributed by atoms with E-state index in [1.54, 1.807) is 14.2 Å². The first-order chi connectivity index (χ1) is 20.6. The van der Waals surface area contributed by atoms with Crippen molar-refractivity contribution in [1.29, 1.82) is 5.26 Å². The van der Waals surface area contributed by atoms with Crippen LogP contribution in [0.25, 0.3) is 0 Å². The number of likely N-dealkylation sites (tertiary alicyclic amines) is 1. The van der Waals surface area contributed by atoms with Gasteiger partial charge in [-0.1, -0.05) is 108 Å². The fraction of sp³-hybridized carbons (Fsp3) is 0.622. The van der Waals surface area contributed by atoms with Crippen LogP contribution in [-0.4, -0.2) is 44.5 Å². The number of carbonyl (C=O) groups is 1. The molecule has 1 aliphatic heterocycles. The Balaban J connectivity index is 1.54. The summed E-state index contributed by atoms with van der Waals surface area (Å²) in [5, 5.41) is 10.6. The molecular weight excluding hydrogens is 520 g/mol. The Kier molecular flexibility index (Phi) is 14.9. The third-order valence-corrected chi connectivity index (χ3v) is 9.20. The summed E-state index contributed by atoms with van der Waals surface area (Å²) in [5.41, 5.74) is 1.32. The summed E-state index contributed by atoms with van der Waals surface area (Å²) in [5.74, 6) is 1.77. The van der Waals surface area contributed by atoms with Crippen LogP contribution in [-0.2, 0) is 5.41 Å². The summed E-state index contributed by atoms with van der Waals surface area (Å²) in [6.07, 6.45) is 17.3. The topological polar surface area (TPSA) is 62.6 Å². The van der Waals surface area contributed by atoms with E-state index in [1.165, 1.54) is 57.8 Å². The van der Waals surface area contributed by atoms with E-state index in [0.717, 1.165) is 69.3 Å². The Hall–Kier alpha value is -2.84. The van der Waals surface area contributed by atoms with Gasteiger partial charge in [-0.05, 0) is 69.4 Å². The molecule has 1 unspecified atom stereocenters. The number of methoxy groups -OCH3 is 2. The lowest BCUT2D eigenvalue weighted by atomic mass is 9.74. The molecule has 0 spiro atoms. The van der Waals surface area contributed by atoms with E-state index in [-0.39, 0.29) is 11.7 Å². The third-order valence-electron chi connectivity index (χ3n) is 9.20. The van der Waals surface area contributed by atoms with E-state index in [9.17, 15) is 10.1 Å². The molecule has 0 aromatic heterocycles. The SMILES string of the molecule is CCCCCCCCCCCCC(C#N)(CCCN1CCC(C(=O)c2ccccc2)CC1)c1ccc(OC)c(OC)c1. The Morgan fingerprint density at radius 1 is 0.833 bits per heavy atom. The highest BCUT2D eigenvalue weighted by molar-refractivity contribution is 5.97. The number of hydrogen-bond acceptors (Lipinski definition) is 5. The molecule has 0 amide bonds. The normalized spacial score (nSPS) is 15.6. The lowest BCUT2D eigenvalue weighted by molar-refractivity contribution is 0.0838. The molecule has 0 radical (unpaired) electrons. The molecule has 2 aromatic carbocycles. The second kappa shape index (κ2) is 18.6. The maximum Gasteiger partial charge on any atom is 0.166 e. The molecule has 0 saturated carbocycles. The number of Topliss-reactive ketones (excluding diaryl/α,β-unsaturated/α-hetero) is 1. The van der Waals surface area contributed by atoms with Gasteiger partial charge in [0.25, 0.3) is 0 Å². The summed E-state index contributed by atoms with van der Waals surface area (Å²) >= 11 is 0. The van der Waals surface area contributed by atoms with Crippen LogP contribution in [0.1, 0.15) is 119 Å². The zero-order valence-corrected chi connectivity index (χ0v) is 26.5. The van der Waals surface area contributed by atoms with Gasteiger partial charge in [0.1, 0.15) is 0 Å². The first-order valence-corrected chi connectivity index (χ1v) is 16.5. The van der Waals surface area contributed by atoms with Crippen molar-refractivity contribution in [1.82, 2.24) is 4.90 Å². The molecule has 5 heteroatoms. The number of unbranched alkanes of at least 4 members (excludes halogenated alkanes) is 9. The van der Waals surface area contributed by atoms with Crippen molar-refractivity contribution in [3.63, 3.8) is 0 Å². The third kappa shape index (κ3) is 10.2. The van der Waals surface area contributed by atoms with Gasteiger partial charge in [0.2, 0.25) is 0 Å². The second-order valence-corrected chi connectivity index (χ2v) is 12.1. The first kappa shape index (κ1) is 33.7. The van der Waals surface area contributed by atoms with Crippen LogP contribution in [0.3, 0.4) is 0 Å². The van der Waals surface area contributed by atoms with Crippen molar-refractivity contribution in [2.24, 2.45) is 5.92 Å². The minimum Gasteiger partial charge on any atom is -0.493 e. The van der Waals surface area contributed by atoms with Gasteiger partial charge >= 0.3 is 0 Å². The maximum atomic E-state index is 12.9. The summed E-state index contributed by atoms with van der Waals surface area (Å²) in [7, 11) is 3.31. The maximum absolute atomic E-state index is 12.9. The fourth-order valence-electron chi connectivity index (χ4n) is 6.50. The molecule has 0 N–H and O–H groups in total. The average Bonchev–Trinajstić information content (AvgIpc) is 3.04. The zero-order chi connectivity index (χ0) is 30.0. The standard InChI is InChI=1S/C37H54N2O3/c1-4-5-6-7-8-9-10-11-12-16-24-37(30-38,33-20-21-34(41-2)35(29-33)42-3)25-17-26-39-27-22-32(23-28-39)36(40)31-18-14-13-15-19-31/h13-15,18-21,29,32H,4-12,16-17,22-28H2,1-3H3. The molecule has 5 nitrogen and oxygen atoms in total. The molecule has 1 aliphatic rings. The summed E-state index contributed by atoms with van der Waals surface area (Å²) in [4.78, 5) is 15.4. The lowest BCUT2D eigenvalue weighted by Gasteiger charge is -2.33. The fourth-order valence-corrected chi connectivity index (χ4v) is 6.50. The van der Waals surface area contributed by atoms with Crippen LogP contribution in [0.4, 0.5) is 0 Å². The number of benzene rings is 2. The van der Waals surface area contributed by atoms with E-state index >= 15 is 0 Å². The Morgan fingerprint density at radius 2 is 1.43 bits per heavy atom. The molecule has 1 atom stereocenters. The van der Waals surface area contributed by atoms with Gasteiger partial charge in [-0.2, -0.15) is 5.26 Å². The Bertz CT molecular complexity index is 1090. The van der Waals surface area contributed by atoms with Crippen LogP contribution in [0.5, 0.6) is 11.5 Å². The number of rotatable bonds is 20. The van der Waals surface area contributed by atoms with Gasteiger partial charge in [-0.25, -0.2) is 0 Å². The van der Waals surface area contributed by atoms with Crippen molar-refractivity contribution in [3.05, 3.63) is 59.7 Å². The highest BCUT2D eigenvalue weighted by Crippen LogP contribution is 2.39. The largest absolute Gasteiger partial charge is 0.493 e. The molecule has 0 bridgehead atoms. The van der Waals surface area contributed by atoms with E-state index in [1.807, 2.05) is 42.5 Å². The zero-order valence-electron chi connectivity index (χ0n) is 26.5. The highest BCUT2D eigenvalue weighted by atomic mass is 16.5. The van der Waals surface area contributed by atoms with E-state index in [2.05, 4.69) is 24.0 Å². The quantitative estimate of drug-likeness (QED) is 0.117. The van der Waals surface area contributed by atoms with Crippen molar-refractivity contribution in [3.8, 4) is 17.6 Å². The summed E-state index contributed by atoms with van der Waals surface area (Å²) < 4.78 is 11.1. The number of ketones is 1. The van der Waals surface area contributed by atoms with Crippen molar-refractivity contribution >= 4 is 5.78 Å².